The number of aromatic nitrogens is 1. The van der Waals surface area contributed by atoms with Crippen LogP contribution in [0.5, 0.6) is 5.88 Å². The lowest BCUT2D eigenvalue weighted by Crippen LogP contribution is -2.20. The van der Waals surface area contributed by atoms with Gasteiger partial charge in [0.05, 0.1) is 18.6 Å². The number of hydrogen-bond donors (Lipinski definition) is 0. The highest BCUT2D eigenvalue weighted by Crippen LogP contribution is 2.31. The third-order valence-corrected chi connectivity index (χ3v) is 2.35. The van der Waals surface area contributed by atoms with Gasteiger partial charge in [-0.2, -0.15) is 0 Å². The first-order valence-electron chi connectivity index (χ1n) is 4.91. The number of methoxy groups -OCH3 is 1. The molecule has 1 aromatic rings. The third-order valence-electron chi connectivity index (χ3n) is 2.06. The molecule has 1 aromatic heterocycles. The van der Waals surface area contributed by atoms with Crippen LogP contribution in [0.4, 0.5) is 22.0 Å². The molecule has 0 radical (unpaired) electrons. The van der Waals surface area contributed by atoms with Crippen molar-refractivity contribution in [1.29, 1.82) is 0 Å². The Morgan fingerprint density at radius 3 is 2.45 bits per heavy atom. The van der Waals surface area contributed by atoms with E-state index >= 15 is 0 Å². The van der Waals surface area contributed by atoms with E-state index < -0.39 is 41.8 Å². The second kappa shape index (κ2) is 6.21. The number of alkyl halides is 6. The van der Waals surface area contributed by atoms with E-state index in [1.54, 1.807) is 0 Å². The van der Waals surface area contributed by atoms with Gasteiger partial charge in [0.25, 0.3) is 6.43 Å². The van der Waals surface area contributed by atoms with Crippen molar-refractivity contribution in [3.8, 4) is 5.88 Å². The maximum atomic E-state index is 12.7. The van der Waals surface area contributed by atoms with Gasteiger partial charge >= 0.3 is 12.3 Å². The van der Waals surface area contributed by atoms with Crippen LogP contribution in [-0.2, 0) is 10.6 Å². The number of halogens is 6. The van der Waals surface area contributed by atoms with E-state index in [2.05, 4.69) is 14.5 Å². The van der Waals surface area contributed by atoms with E-state index in [-0.39, 0.29) is 5.56 Å². The standard InChI is InChI=1S/C10H7ClF5NO3/c1-19-9(18)5-2-4(3-11)8(20-10(14,15)16)17-6(5)7(12)13/h2,7H,3H2,1H3. The molecule has 0 saturated heterocycles. The van der Waals surface area contributed by atoms with Gasteiger partial charge in [0.2, 0.25) is 5.88 Å². The summed E-state index contributed by atoms with van der Waals surface area (Å²) in [5.41, 5.74) is -2.22. The molecule has 20 heavy (non-hydrogen) atoms. The van der Waals surface area contributed by atoms with Crippen LogP contribution in [0.25, 0.3) is 0 Å². The number of esters is 1. The normalized spacial score (nSPS) is 11.6. The van der Waals surface area contributed by atoms with Gasteiger partial charge in [-0.15, -0.1) is 24.8 Å². The largest absolute Gasteiger partial charge is 0.574 e. The Bertz CT molecular complexity index is 506. The number of rotatable bonds is 4. The van der Waals surface area contributed by atoms with E-state index in [0.717, 1.165) is 13.2 Å². The quantitative estimate of drug-likeness (QED) is 0.484. The van der Waals surface area contributed by atoms with Crippen LogP contribution < -0.4 is 4.74 Å². The summed E-state index contributed by atoms with van der Waals surface area (Å²) < 4.78 is 69.6. The van der Waals surface area contributed by atoms with E-state index in [0.29, 0.717) is 0 Å². The van der Waals surface area contributed by atoms with Crippen LogP contribution in [0.15, 0.2) is 6.07 Å². The summed E-state index contributed by atoms with van der Waals surface area (Å²) in [6.07, 6.45) is -8.41. The van der Waals surface area contributed by atoms with Crippen molar-refractivity contribution in [2.75, 3.05) is 7.11 Å². The first-order valence-corrected chi connectivity index (χ1v) is 5.45. The predicted octanol–water partition coefficient (Wildman–Crippen LogP) is 3.44. The van der Waals surface area contributed by atoms with Gasteiger partial charge < -0.3 is 9.47 Å². The Labute approximate surface area is 114 Å². The highest BCUT2D eigenvalue weighted by atomic mass is 35.5. The molecule has 0 aliphatic rings. The lowest BCUT2D eigenvalue weighted by atomic mass is 10.1. The Morgan fingerprint density at radius 1 is 1.45 bits per heavy atom. The van der Waals surface area contributed by atoms with Gasteiger partial charge in [-0.05, 0) is 6.07 Å². The second-order valence-corrected chi connectivity index (χ2v) is 3.63. The van der Waals surface area contributed by atoms with Crippen molar-refractivity contribution in [2.45, 2.75) is 18.7 Å². The summed E-state index contributed by atoms with van der Waals surface area (Å²) in [7, 11) is 0.929. The number of carbonyl (C=O) groups excluding carboxylic acids is 1. The predicted molar refractivity (Wildman–Crippen MR) is 56.8 cm³/mol. The first kappa shape index (κ1) is 16.4. The number of ether oxygens (including phenoxy) is 2. The van der Waals surface area contributed by atoms with Gasteiger partial charge in [0.15, 0.2) is 0 Å². The van der Waals surface area contributed by atoms with E-state index in [1.807, 2.05) is 0 Å². The molecule has 0 bridgehead atoms. The number of pyridine rings is 1. The van der Waals surface area contributed by atoms with Gasteiger partial charge in [-0.1, -0.05) is 0 Å². The summed E-state index contributed by atoms with van der Waals surface area (Å²) in [5.74, 6) is -2.82. The average molecular weight is 320 g/mol. The zero-order chi connectivity index (χ0) is 15.5. The van der Waals surface area contributed by atoms with Gasteiger partial charge in [0, 0.05) is 5.56 Å². The molecule has 1 rings (SSSR count). The van der Waals surface area contributed by atoms with Gasteiger partial charge in [0.1, 0.15) is 5.69 Å². The van der Waals surface area contributed by atoms with Crippen LogP contribution in [0, 0.1) is 0 Å². The number of hydrogen-bond acceptors (Lipinski definition) is 4. The summed E-state index contributed by atoms with van der Waals surface area (Å²) in [4.78, 5) is 14.3. The fourth-order valence-corrected chi connectivity index (χ4v) is 1.48. The maximum Gasteiger partial charge on any atom is 0.574 e. The smallest absolute Gasteiger partial charge is 0.465 e. The maximum absolute atomic E-state index is 12.7. The molecule has 1 heterocycles. The fraction of sp³-hybridized carbons (Fsp3) is 0.400. The van der Waals surface area contributed by atoms with E-state index in [4.69, 9.17) is 11.6 Å². The molecule has 0 spiro atoms. The molecule has 4 nitrogen and oxygen atoms in total. The van der Waals surface area contributed by atoms with Crippen LogP contribution in [0.3, 0.4) is 0 Å². The molecule has 112 valence electrons. The summed E-state index contributed by atoms with van der Waals surface area (Å²) >= 11 is 5.39. The van der Waals surface area contributed by atoms with Crippen molar-refractivity contribution in [3.63, 3.8) is 0 Å². The highest BCUT2D eigenvalue weighted by Gasteiger charge is 2.34. The molecule has 0 aromatic carbocycles. The molecule has 0 unspecified atom stereocenters. The zero-order valence-corrected chi connectivity index (χ0v) is 10.6. The van der Waals surface area contributed by atoms with Crippen LogP contribution in [-0.4, -0.2) is 24.4 Å². The molecular weight excluding hydrogens is 313 g/mol. The second-order valence-electron chi connectivity index (χ2n) is 3.36. The van der Waals surface area contributed by atoms with Crippen molar-refractivity contribution in [1.82, 2.24) is 4.98 Å². The Morgan fingerprint density at radius 2 is 2.05 bits per heavy atom. The summed E-state index contributed by atoms with van der Waals surface area (Å²) in [5, 5.41) is 0. The molecule has 0 aliphatic carbocycles. The molecule has 0 saturated carbocycles. The molecule has 0 amide bonds. The minimum absolute atomic E-state index is 0.367. The lowest BCUT2D eigenvalue weighted by Gasteiger charge is -2.14. The number of carbonyl (C=O) groups is 1. The molecule has 10 heteroatoms. The summed E-state index contributed by atoms with van der Waals surface area (Å²) in [6, 6.07) is 0.731. The highest BCUT2D eigenvalue weighted by molar-refractivity contribution is 6.17. The Hall–Kier alpha value is -1.64. The van der Waals surface area contributed by atoms with E-state index in [9.17, 15) is 26.7 Å². The Kier molecular flexibility index (Phi) is 5.09. The third kappa shape index (κ3) is 3.92. The van der Waals surface area contributed by atoms with E-state index in [1.165, 1.54) is 0 Å². The molecule has 0 N–H and O–H groups in total. The minimum atomic E-state index is -5.13. The number of nitrogens with zero attached hydrogens (tertiary/aromatic N) is 1. The zero-order valence-electron chi connectivity index (χ0n) is 9.80. The van der Waals surface area contributed by atoms with Crippen LogP contribution >= 0.6 is 11.6 Å². The molecular formula is C10H7ClF5NO3. The molecule has 0 aliphatic heterocycles. The molecule has 0 fully saturated rings. The summed E-state index contributed by atoms with van der Waals surface area (Å²) in [6.45, 7) is 0. The first-order chi connectivity index (χ1) is 9.19. The lowest BCUT2D eigenvalue weighted by molar-refractivity contribution is -0.276. The van der Waals surface area contributed by atoms with Crippen LogP contribution in [0.1, 0.15) is 28.0 Å². The average Bonchev–Trinajstić information content (AvgIpc) is 2.35. The van der Waals surface area contributed by atoms with Crippen molar-refractivity contribution in [2.24, 2.45) is 0 Å². The van der Waals surface area contributed by atoms with Crippen molar-refractivity contribution >= 4 is 17.6 Å². The Balaban J connectivity index is 3.41. The topological polar surface area (TPSA) is 48.4 Å². The van der Waals surface area contributed by atoms with Crippen molar-refractivity contribution < 1.29 is 36.2 Å². The molecule has 0 atom stereocenters. The van der Waals surface area contributed by atoms with Crippen LogP contribution in [0.2, 0.25) is 0 Å². The van der Waals surface area contributed by atoms with Gasteiger partial charge in [-0.25, -0.2) is 18.6 Å². The SMILES string of the molecule is COC(=O)c1cc(CCl)c(OC(F)(F)F)nc1C(F)F. The minimum Gasteiger partial charge on any atom is -0.465 e. The van der Waals surface area contributed by atoms with Gasteiger partial charge in [-0.3, -0.25) is 0 Å². The monoisotopic (exact) mass is 319 g/mol. The fourth-order valence-electron chi connectivity index (χ4n) is 1.28. The van der Waals surface area contributed by atoms with Crippen molar-refractivity contribution in [3.05, 3.63) is 22.9 Å².